The molecule has 6 nitrogen and oxygen atoms in total. The Balaban J connectivity index is 1.72. The average molecular weight is 501 g/mol. The van der Waals surface area contributed by atoms with E-state index in [9.17, 15) is 17.9 Å². The molecule has 1 N–H and O–H groups in total. The van der Waals surface area contributed by atoms with Gasteiger partial charge in [0.1, 0.15) is 22.6 Å². The van der Waals surface area contributed by atoms with Crippen LogP contribution < -0.4 is 4.74 Å². The minimum Gasteiger partial charge on any atom is -0.487 e. The summed E-state index contributed by atoms with van der Waals surface area (Å²) in [6.07, 6.45) is 2.24. The fourth-order valence-corrected chi connectivity index (χ4v) is 6.17. The predicted molar refractivity (Wildman–Crippen MR) is 133 cm³/mol. The molecule has 3 atom stereocenters. The van der Waals surface area contributed by atoms with Crippen LogP contribution in [-0.4, -0.2) is 68.2 Å². The second-order valence-corrected chi connectivity index (χ2v) is 11.7. The number of sulfonamides is 1. The van der Waals surface area contributed by atoms with Crippen LogP contribution in [0.2, 0.25) is 0 Å². The zero-order chi connectivity index (χ0) is 25.2. The van der Waals surface area contributed by atoms with Crippen LogP contribution in [0.15, 0.2) is 47.4 Å². The lowest BCUT2D eigenvalue weighted by molar-refractivity contribution is 0.0740. The molecule has 1 aliphatic heterocycles. The highest BCUT2D eigenvalue weighted by Crippen LogP contribution is 2.35. The summed E-state index contributed by atoms with van der Waals surface area (Å²) in [6, 6.07) is 10.4. The predicted octanol–water partition coefficient (Wildman–Crippen LogP) is 3.34. The van der Waals surface area contributed by atoms with E-state index >= 15 is 0 Å². The molecule has 4 rings (SSSR count). The van der Waals surface area contributed by atoms with Gasteiger partial charge >= 0.3 is 0 Å². The van der Waals surface area contributed by atoms with Crippen LogP contribution in [-0.2, 0) is 10.0 Å². The lowest BCUT2D eigenvalue weighted by Crippen LogP contribution is -2.49. The molecular weight excluding hydrogens is 467 g/mol. The largest absolute Gasteiger partial charge is 0.487 e. The first kappa shape index (κ1) is 25.6. The fourth-order valence-electron chi connectivity index (χ4n) is 4.35. The van der Waals surface area contributed by atoms with E-state index in [0.29, 0.717) is 12.1 Å². The Bertz CT molecular complexity index is 1220. The van der Waals surface area contributed by atoms with E-state index in [4.69, 9.17) is 4.74 Å². The normalized spacial score (nSPS) is 22.8. The molecule has 0 unspecified atom stereocenters. The van der Waals surface area contributed by atoms with Gasteiger partial charge in [-0.1, -0.05) is 30.9 Å². The molecule has 0 amide bonds. The van der Waals surface area contributed by atoms with Gasteiger partial charge in [0.15, 0.2) is 0 Å². The van der Waals surface area contributed by atoms with Crippen molar-refractivity contribution in [3.8, 4) is 17.6 Å². The number of hydrogen-bond donors (Lipinski definition) is 1. The number of rotatable bonds is 6. The van der Waals surface area contributed by atoms with Crippen LogP contribution in [0.3, 0.4) is 0 Å². The summed E-state index contributed by atoms with van der Waals surface area (Å²) in [5.74, 6) is 6.19. The van der Waals surface area contributed by atoms with E-state index in [2.05, 4.69) is 23.8 Å². The molecule has 2 aliphatic rings. The Hall–Kier alpha value is -2.44. The van der Waals surface area contributed by atoms with Gasteiger partial charge in [0.2, 0.25) is 10.0 Å². The molecule has 8 heteroatoms. The lowest BCUT2D eigenvalue weighted by Gasteiger charge is -2.37. The molecule has 1 aliphatic carbocycles. The van der Waals surface area contributed by atoms with E-state index in [0.717, 1.165) is 12.5 Å². The van der Waals surface area contributed by atoms with Crippen LogP contribution in [0.1, 0.15) is 37.8 Å². The van der Waals surface area contributed by atoms with Crippen molar-refractivity contribution in [1.82, 2.24) is 9.21 Å². The van der Waals surface area contributed by atoms with Crippen molar-refractivity contribution in [3.63, 3.8) is 0 Å². The number of benzene rings is 2. The molecule has 2 aromatic carbocycles. The first-order chi connectivity index (χ1) is 16.7. The van der Waals surface area contributed by atoms with Gasteiger partial charge in [-0.3, -0.25) is 0 Å². The van der Waals surface area contributed by atoms with Gasteiger partial charge in [-0.25, -0.2) is 12.8 Å². The SMILES string of the molecule is C[C@@H]1CN([C@@H](C)CO)S(=O)(=O)c2ccc(C#Cc3ccccc3F)cc2O[C@H]1CN(C)CC1CC1. The van der Waals surface area contributed by atoms with E-state index in [1.165, 1.54) is 29.3 Å². The zero-order valence-corrected chi connectivity index (χ0v) is 21.3. The van der Waals surface area contributed by atoms with Crippen molar-refractivity contribution < 1.29 is 22.7 Å². The van der Waals surface area contributed by atoms with Crippen molar-refractivity contribution in [1.29, 1.82) is 0 Å². The third kappa shape index (κ3) is 6.04. The van der Waals surface area contributed by atoms with Crippen molar-refractivity contribution in [2.75, 3.05) is 33.3 Å². The Morgan fingerprint density at radius 2 is 1.94 bits per heavy atom. The van der Waals surface area contributed by atoms with Gasteiger partial charge in [-0.05, 0) is 63.1 Å². The second-order valence-electron chi connectivity index (χ2n) is 9.80. The highest BCUT2D eigenvalue weighted by atomic mass is 32.2. The third-order valence-electron chi connectivity index (χ3n) is 6.64. The first-order valence-corrected chi connectivity index (χ1v) is 13.5. The monoisotopic (exact) mass is 500 g/mol. The van der Waals surface area contributed by atoms with Crippen molar-refractivity contribution in [2.24, 2.45) is 11.8 Å². The summed E-state index contributed by atoms with van der Waals surface area (Å²) >= 11 is 0. The minimum atomic E-state index is -3.91. The molecule has 0 bridgehead atoms. The summed E-state index contributed by atoms with van der Waals surface area (Å²) in [4.78, 5) is 2.30. The Labute approximate surface area is 207 Å². The van der Waals surface area contributed by atoms with Gasteiger partial charge in [0.25, 0.3) is 0 Å². The molecule has 0 saturated heterocycles. The smallest absolute Gasteiger partial charge is 0.247 e. The van der Waals surface area contributed by atoms with Gasteiger partial charge in [0, 0.05) is 37.2 Å². The molecule has 2 aromatic rings. The standard InChI is InChI=1S/C27H33FN2O4S/c1-19-15-30(20(2)18-31)35(32,33)27-13-11-21(10-12-23-6-4-5-7-24(23)28)14-25(27)34-26(19)17-29(3)16-22-8-9-22/h4-7,11,13-14,19-20,22,26,31H,8-9,15-18H2,1-3H3/t19-,20+,26+/m1/s1. The highest BCUT2D eigenvalue weighted by Gasteiger charge is 2.38. The summed E-state index contributed by atoms with van der Waals surface area (Å²) < 4.78 is 48.9. The van der Waals surface area contributed by atoms with E-state index in [1.54, 1.807) is 37.3 Å². The number of fused-ring (bicyclic) bond motifs is 1. The number of likely N-dealkylation sites (N-methyl/N-ethyl adjacent to an activating group) is 1. The quantitative estimate of drug-likeness (QED) is 0.617. The Morgan fingerprint density at radius 3 is 2.63 bits per heavy atom. The van der Waals surface area contributed by atoms with Crippen LogP contribution >= 0.6 is 0 Å². The van der Waals surface area contributed by atoms with Gasteiger partial charge < -0.3 is 14.7 Å². The van der Waals surface area contributed by atoms with Crippen LogP contribution in [0.5, 0.6) is 5.75 Å². The molecule has 0 aromatic heterocycles. The maximum absolute atomic E-state index is 14.0. The molecule has 188 valence electrons. The van der Waals surface area contributed by atoms with E-state index in [1.807, 2.05) is 6.92 Å². The molecular formula is C27H33FN2O4S. The molecule has 35 heavy (non-hydrogen) atoms. The van der Waals surface area contributed by atoms with Crippen LogP contribution in [0.25, 0.3) is 0 Å². The second kappa shape index (κ2) is 10.7. The summed E-state index contributed by atoms with van der Waals surface area (Å²) in [5, 5.41) is 9.78. The summed E-state index contributed by atoms with van der Waals surface area (Å²) in [6.45, 7) is 5.30. The minimum absolute atomic E-state index is 0.0518. The van der Waals surface area contributed by atoms with Crippen LogP contribution in [0.4, 0.5) is 4.39 Å². The van der Waals surface area contributed by atoms with E-state index in [-0.39, 0.29) is 41.4 Å². The lowest BCUT2D eigenvalue weighted by atomic mass is 10.0. The average Bonchev–Trinajstić information content (AvgIpc) is 3.64. The van der Waals surface area contributed by atoms with Gasteiger partial charge in [0.05, 0.1) is 12.2 Å². The topological polar surface area (TPSA) is 70.1 Å². The van der Waals surface area contributed by atoms with Gasteiger partial charge in [-0.2, -0.15) is 4.31 Å². The van der Waals surface area contributed by atoms with Crippen molar-refractivity contribution in [3.05, 3.63) is 59.4 Å². The number of ether oxygens (including phenoxy) is 1. The molecule has 1 heterocycles. The molecule has 0 radical (unpaired) electrons. The maximum atomic E-state index is 14.0. The molecule has 1 fully saturated rings. The Kier molecular flexibility index (Phi) is 7.82. The molecule has 1 saturated carbocycles. The van der Waals surface area contributed by atoms with Gasteiger partial charge in [-0.15, -0.1) is 0 Å². The number of aliphatic hydroxyl groups is 1. The van der Waals surface area contributed by atoms with E-state index < -0.39 is 21.9 Å². The number of hydrogen-bond acceptors (Lipinski definition) is 5. The zero-order valence-electron chi connectivity index (χ0n) is 20.4. The van der Waals surface area contributed by atoms with Crippen molar-refractivity contribution in [2.45, 2.75) is 43.7 Å². The third-order valence-corrected chi connectivity index (χ3v) is 8.66. The fraction of sp³-hybridized carbons (Fsp3) is 0.481. The number of aliphatic hydroxyl groups excluding tert-OH is 1. The Morgan fingerprint density at radius 1 is 1.20 bits per heavy atom. The number of nitrogens with zero attached hydrogens (tertiary/aromatic N) is 2. The summed E-state index contributed by atoms with van der Waals surface area (Å²) in [5.41, 5.74) is 0.797. The highest BCUT2D eigenvalue weighted by molar-refractivity contribution is 7.89. The maximum Gasteiger partial charge on any atom is 0.247 e. The van der Waals surface area contributed by atoms with Crippen molar-refractivity contribution >= 4 is 10.0 Å². The first-order valence-electron chi connectivity index (χ1n) is 12.1. The van der Waals surface area contributed by atoms with Crippen LogP contribution in [0, 0.1) is 29.5 Å². The molecule has 0 spiro atoms. The number of halogens is 1. The summed E-state index contributed by atoms with van der Waals surface area (Å²) in [7, 11) is -1.85.